The first-order chi connectivity index (χ1) is 9.11. The van der Waals surface area contributed by atoms with Crippen LogP contribution < -0.4 is 0 Å². The lowest BCUT2D eigenvalue weighted by atomic mass is 9.81. The molecule has 1 aliphatic rings. The average Bonchev–Trinajstić information content (AvgIpc) is 2.50. The zero-order valence-electron chi connectivity index (χ0n) is 12.4. The van der Waals surface area contributed by atoms with Crippen LogP contribution in [0, 0.1) is 17.6 Å². The second kappa shape index (κ2) is 5.08. The summed E-state index contributed by atoms with van der Waals surface area (Å²) in [4.78, 5) is 0. The molecule has 0 bridgehead atoms. The Hall–Kier alpha value is -1.00. The van der Waals surface area contributed by atoms with Gasteiger partial charge in [0.05, 0.1) is 17.3 Å². The summed E-state index contributed by atoms with van der Waals surface area (Å²) in [6, 6.07) is 3.45. The van der Waals surface area contributed by atoms with Gasteiger partial charge in [-0.25, -0.2) is 8.78 Å². The van der Waals surface area contributed by atoms with Crippen molar-refractivity contribution in [2.24, 2.45) is 5.92 Å². The summed E-state index contributed by atoms with van der Waals surface area (Å²) in [7, 11) is 0. The Labute approximate surface area is 118 Å². The third-order valence-corrected chi connectivity index (χ3v) is 4.05. The molecule has 112 valence electrons. The number of hydrogen-bond donors (Lipinski definition) is 1. The molecule has 1 aromatic carbocycles. The largest absolute Gasteiger partial charge is 0.392 e. The fourth-order valence-corrected chi connectivity index (χ4v) is 3.26. The van der Waals surface area contributed by atoms with Crippen molar-refractivity contribution in [3.8, 4) is 0 Å². The Morgan fingerprint density at radius 1 is 1.30 bits per heavy atom. The minimum atomic E-state index is -0.716. The maximum atomic E-state index is 13.7. The molecule has 0 amide bonds. The minimum absolute atomic E-state index is 0.0815. The lowest BCUT2D eigenvalue weighted by Crippen LogP contribution is -2.37. The minimum Gasteiger partial charge on any atom is -0.392 e. The molecule has 1 heterocycles. The van der Waals surface area contributed by atoms with E-state index in [1.807, 2.05) is 27.7 Å². The SMILES string of the molecule is CC1(C)CC(C(O)Cc2ccc(F)cc2F)C(C)(C)O1. The van der Waals surface area contributed by atoms with Crippen LogP contribution in [0.4, 0.5) is 8.78 Å². The quantitative estimate of drug-likeness (QED) is 0.921. The molecule has 0 radical (unpaired) electrons. The smallest absolute Gasteiger partial charge is 0.129 e. The van der Waals surface area contributed by atoms with Crippen molar-refractivity contribution < 1.29 is 18.6 Å². The molecule has 0 saturated carbocycles. The van der Waals surface area contributed by atoms with Gasteiger partial charge in [0.2, 0.25) is 0 Å². The summed E-state index contributed by atoms with van der Waals surface area (Å²) < 4.78 is 32.5. The Morgan fingerprint density at radius 2 is 1.95 bits per heavy atom. The van der Waals surface area contributed by atoms with Gasteiger partial charge in [-0.05, 0) is 45.7 Å². The summed E-state index contributed by atoms with van der Waals surface area (Å²) in [5, 5.41) is 10.4. The van der Waals surface area contributed by atoms with Gasteiger partial charge in [0, 0.05) is 18.4 Å². The van der Waals surface area contributed by atoms with Gasteiger partial charge >= 0.3 is 0 Å². The zero-order chi connectivity index (χ0) is 15.1. The first kappa shape index (κ1) is 15.4. The summed E-state index contributed by atoms with van der Waals surface area (Å²) in [5.74, 6) is -1.30. The van der Waals surface area contributed by atoms with Crippen LogP contribution in [0.1, 0.15) is 39.7 Å². The van der Waals surface area contributed by atoms with Gasteiger partial charge in [0.15, 0.2) is 0 Å². The van der Waals surface area contributed by atoms with Crippen LogP contribution in [-0.2, 0) is 11.2 Å². The predicted octanol–water partition coefficient (Wildman–Crippen LogP) is 3.46. The van der Waals surface area contributed by atoms with E-state index in [2.05, 4.69) is 0 Å². The van der Waals surface area contributed by atoms with E-state index in [-0.39, 0.29) is 17.9 Å². The third kappa shape index (κ3) is 3.18. The molecule has 1 N–H and O–H groups in total. The van der Waals surface area contributed by atoms with Crippen LogP contribution in [0.3, 0.4) is 0 Å². The monoisotopic (exact) mass is 284 g/mol. The lowest BCUT2D eigenvalue weighted by Gasteiger charge is -2.30. The van der Waals surface area contributed by atoms with Gasteiger partial charge in [-0.1, -0.05) is 6.07 Å². The molecule has 4 heteroatoms. The van der Waals surface area contributed by atoms with Crippen molar-refractivity contribution in [2.45, 2.75) is 57.8 Å². The molecular weight excluding hydrogens is 262 g/mol. The number of benzene rings is 1. The van der Waals surface area contributed by atoms with Gasteiger partial charge in [0.1, 0.15) is 11.6 Å². The van der Waals surface area contributed by atoms with Gasteiger partial charge < -0.3 is 9.84 Å². The van der Waals surface area contributed by atoms with E-state index >= 15 is 0 Å². The van der Waals surface area contributed by atoms with Gasteiger partial charge in [-0.15, -0.1) is 0 Å². The standard InChI is InChI=1S/C16H22F2O2/c1-15(2)9-12(16(3,4)20-15)14(19)7-10-5-6-11(17)8-13(10)18/h5-6,8,12,14,19H,7,9H2,1-4H3. The Bertz CT molecular complexity index is 497. The maximum Gasteiger partial charge on any atom is 0.129 e. The molecule has 2 nitrogen and oxygen atoms in total. The topological polar surface area (TPSA) is 29.5 Å². The highest BCUT2D eigenvalue weighted by atomic mass is 19.1. The lowest BCUT2D eigenvalue weighted by molar-refractivity contribution is -0.0873. The first-order valence-corrected chi connectivity index (χ1v) is 6.93. The Kier molecular flexibility index (Phi) is 3.91. The van der Waals surface area contributed by atoms with Crippen molar-refractivity contribution >= 4 is 0 Å². The average molecular weight is 284 g/mol. The van der Waals surface area contributed by atoms with Crippen molar-refractivity contribution in [3.63, 3.8) is 0 Å². The van der Waals surface area contributed by atoms with E-state index in [1.165, 1.54) is 12.1 Å². The molecular formula is C16H22F2O2. The second-order valence-corrected chi connectivity index (χ2v) is 6.78. The Balaban J connectivity index is 2.14. The zero-order valence-corrected chi connectivity index (χ0v) is 12.4. The molecule has 2 atom stereocenters. The number of hydrogen-bond acceptors (Lipinski definition) is 2. The van der Waals surface area contributed by atoms with Crippen molar-refractivity contribution in [1.29, 1.82) is 0 Å². The summed E-state index contributed by atoms with van der Waals surface area (Å²) in [5.41, 5.74) is -0.421. The number of aliphatic hydroxyl groups is 1. The summed E-state index contributed by atoms with van der Waals surface area (Å²) >= 11 is 0. The highest BCUT2D eigenvalue weighted by molar-refractivity contribution is 5.20. The molecule has 2 rings (SSSR count). The number of rotatable bonds is 3. The van der Waals surface area contributed by atoms with E-state index in [0.29, 0.717) is 12.0 Å². The molecule has 1 fully saturated rings. The van der Waals surface area contributed by atoms with Crippen molar-refractivity contribution in [3.05, 3.63) is 35.4 Å². The fraction of sp³-hybridized carbons (Fsp3) is 0.625. The molecule has 2 unspecified atom stereocenters. The Morgan fingerprint density at radius 3 is 2.45 bits per heavy atom. The van der Waals surface area contributed by atoms with Crippen LogP contribution in [-0.4, -0.2) is 22.4 Å². The molecule has 1 saturated heterocycles. The van der Waals surface area contributed by atoms with Crippen LogP contribution >= 0.6 is 0 Å². The molecule has 0 aliphatic carbocycles. The highest BCUT2D eigenvalue weighted by Crippen LogP contribution is 2.44. The summed E-state index contributed by atoms with van der Waals surface area (Å²) in [6.45, 7) is 7.85. The summed E-state index contributed by atoms with van der Waals surface area (Å²) in [6.07, 6.45) is 0.163. The second-order valence-electron chi connectivity index (χ2n) is 6.78. The van der Waals surface area contributed by atoms with Crippen molar-refractivity contribution in [2.75, 3.05) is 0 Å². The van der Waals surface area contributed by atoms with E-state index < -0.39 is 23.3 Å². The van der Waals surface area contributed by atoms with E-state index in [0.717, 1.165) is 6.07 Å². The van der Waals surface area contributed by atoms with Gasteiger partial charge in [0.25, 0.3) is 0 Å². The molecule has 1 aromatic rings. The van der Waals surface area contributed by atoms with E-state index in [1.54, 1.807) is 0 Å². The normalized spacial score (nSPS) is 25.6. The van der Waals surface area contributed by atoms with Crippen LogP contribution in [0.15, 0.2) is 18.2 Å². The van der Waals surface area contributed by atoms with Crippen LogP contribution in [0.25, 0.3) is 0 Å². The number of aliphatic hydroxyl groups excluding tert-OH is 1. The maximum absolute atomic E-state index is 13.7. The van der Waals surface area contributed by atoms with Gasteiger partial charge in [-0.3, -0.25) is 0 Å². The van der Waals surface area contributed by atoms with Gasteiger partial charge in [-0.2, -0.15) is 0 Å². The van der Waals surface area contributed by atoms with Crippen LogP contribution in [0.5, 0.6) is 0 Å². The number of ether oxygens (including phenoxy) is 1. The molecule has 0 aromatic heterocycles. The fourth-order valence-electron chi connectivity index (χ4n) is 3.26. The van der Waals surface area contributed by atoms with Crippen LogP contribution in [0.2, 0.25) is 0 Å². The highest BCUT2D eigenvalue weighted by Gasteiger charge is 2.48. The molecule has 20 heavy (non-hydrogen) atoms. The molecule has 1 aliphatic heterocycles. The predicted molar refractivity (Wildman–Crippen MR) is 73.4 cm³/mol. The van der Waals surface area contributed by atoms with Crippen molar-refractivity contribution in [1.82, 2.24) is 0 Å². The third-order valence-electron chi connectivity index (χ3n) is 4.05. The van der Waals surface area contributed by atoms with E-state index in [9.17, 15) is 13.9 Å². The first-order valence-electron chi connectivity index (χ1n) is 6.93. The number of halogens is 2. The molecule has 0 spiro atoms. The van der Waals surface area contributed by atoms with E-state index in [4.69, 9.17) is 4.74 Å².